The summed E-state index contributed by atoms with van der Waals surface area (Å²) < 4.78 is 31.4. The van der Waals surface area contributed by atoms with E-state index in [1.807, 2.05) is 0 Å². The molecule has 0 aromatic heterocycles. The van der Waals surface area contributed by atoms with E-state index in [0.29, 0.717) is 5.56 Å². The molecule has 9 nitrogen and oxygen atoms in total. The molecule has 0 unspecified atom stereocenters. The van der Waals surface area contributed by atoms with Crippen molar-refractivity contribution in [2.45, 2.75) is 11.3 Å². The van der Waals surface area contributed by atoms with Crippen molar-refractivity contribution in [3.63, 3.8) is 0 Å². The Bertz CT molecular complexity index is 953. The number of nitrogens with two attached hydrogens (primary N) is 1. The summed E-state index contributed by atoms with van der Waals surface area (Å²) in [7, 11) is -3.87. The lowest BCUT2D eigenvalue weighted by atomic mass is 10.2. The highest BCUT2D eigenvalue weighted by molar-refractivity contribution is 7.89. The Kier molecular flexibility index (Phi) is 6.27. The SMILES string of the molecule is N=C(N)c1ccc(OC(=O)c2ccc(S(=O)(=O)NCCC(=O)O)cc2)cc1. The van der Waals surface area contributed by atoms with Gasteiger partial charge in [0, 0.05) is 12.1 Å². The molecule has 0 bridgehead atoms. The van der Waals surface area contributed by atoms with E-state index >= 15 is 0 Å². The zero-order valence-electron chi connectivity index (χ0n) is 14.0. The van der Waals surface area contributed by atoms with Gasteiger partial charge in [0.1, 0.15) is 11.6 Å². The van der Waals surface area contributed by atoms with E-state index in [1.165, 1.54) is 48.5 Å². The molecule has 2 rings (SSSR count). The van der Waals surface area contributed by atoms with Crippen molar-refractivity contribution in [2.75, 3.05) is 6.54 Å². The third-order valence-corrected chi connectivity index (χ3v) is 4.88. The van der Waals surface area contributed by atoms with Crippen LogP contribution in [0.15, 0.2) is 53.4 Å². The zero-order valence-corrected chi connectivity index (χ0v) is 14.8. The molecule has 0 saturated heterocycles. The van der Waals surface area contributed by atoms with E-state index in [2.05, 4.69) is 4.72 Å². The van der Waals surface area contributed by atoms with E-state index in [9.17, 15) is 18.0 Å². The molecule has 27 heavy (non-hydrogen) atoms. The molecule has 0 aliphatic rings. The topological polar surface area (TPSA) is 160 Å². The van der Waals surface area contributed by atoms with Gasteiger partial charge in [0.05, 0.1) is 16.9 Å². The molecule has 2 aromatic carbocycles. The third-order valence-electron chi connectivity index (χ3n) is 3.41. The average Bonchev–Trinajstić information content (AvgIpc) is 2.61. The third kappa shape index (κ3) is 5.62. The summed E-state index contributed by atoms with van der Waals surface area (Å²) in [4.78, 5) is 22.5. The van der Waals surface area contributed by atoms with Crippen LogP contribution in [0.3, 0.4) is 0 Å². The smallest absolute Gasteiger partial charge is 0.343 e. The fourth-order valence-corrected chi connectivity index (χ4v) is 3.05. The standard InChI is InChI=1S/C17H17N3O6S/c18-16(19)11-1-5-13(6-2-11)26-17(23)12-3-7-14(8-4-12)27(24,25)20-10-9-15(21)22/h1-8,20H,9-10H2,(H3,18,19)(H,21,22). The molecule has 0 aliphatic carbocycles. The Morgan fingerprint density at radius 2 is 1.59 bits per heavy atom. The number of carboxylic acid groups (broad SMARTS) is 1. The Balaban J connectivity index is 2.04. The summed E-state index contributed by atoms with van der Waals surface area (Å²) in [6.07, 6.45) is -0.341. The second-order valence-corrected chi connectivity index (χ2v) is 7.16. The number of hydrogen-bond donors (Lipinski definition) is 4. The fraction of sp³-hybridized carbons (Fsp3) is 0.118. The van der Waals surface area contributed by atoms with Crippen LogP contribution in [0, 0.1) is 5.41 Å². The number of aliphatic carboxylic acids is 1. The van der Waals surface area contributed by atoms with Gasteiger partial charge in [0.25, 0.3) is 0 Å². The van der Waals surface area contributed by atoms with Gasteiger partial charge in [-0.15, -0.1) is 0 Å². The second-order valence-electron chi connectivity index (χ2n) is 5.39. The van der Waals surface area contributed by atoms with Crippen molar-refractivity contribution >= 4 is 27.8 Å². The summed E-state index contributed by atoms with van der Waals surface area (Å²) in [6, 6.07) is 11.1. The Labute approximate surface area is 155 Å². The van der Waals surface area contributed by atoms with Crippen molar-refractivity contribution < 1.29 is 27.9 Å². The highest BCUT2D eigenvalue weighted by atomic mass is 32.2. The number of esters is 1. The zero-order chi connectivity index (χ0) is 20.0. The highest BCUT2D eigenvalue weighted by Crippen LogP contribution is 2.16. The van der Waals surface area contributed by atoms with Gasteiger partial charge < -0.3 is 15.6 Å². The predicted molar refractivity (Wildman–Crippen MR) is 96.3 cm³/mol. The quantitative estimate of drug-likeness (QED) is 0.225. The number of rotatable bonds is 8. The van der Waals surface area contributed by atoms with Gasteiger partial charge >= 0.3 is 11.9 Å². The van der Waals surface area contributed by atoms with Crippen molar-refractivity contribution in [3.8, 4) is 5.75 Å². The number of hydrogen-bond acceptors (Lipinski definition) is 6. The van der Waals surface area contributed by atoms with E-state index in [1.54, 1.807) is 0 Å². The maximum atomic E-state index is 12.1. The van der Waals surface area contributed by atoms with Gasteiger partial charge in [-0.3, -0.25) is 10.2 Å². The minimum atomic E-state index is -3.87. The Morgan fingerprint density at radius 3 is 2.11 bits per heavy atom. The molecule has 2 aromatic rings. The van der Waals surface area contributed by atoms with Crippen LogP contribution in [0.1, 0.15) is 22.3 Å². The normalized spacial score (nSPS) is 11.0. The number of carbonyl (C=O) groups is 2. The lowest BCUT2D eigenvalue weighted by Crippen LogP contribution is -2.26. The van der Waals surface area contributed by atoms with Crippen LogP contribution in [-0.2, 0) is 14.8 Å². The average molecular weight is 391 g/mol. The van der Waals surface area contributed by atoms with Gasteiger partial charge in [0.15, 0.2) is 0 Å². The second kappa shape index (κ2) is 8.43. The Morgan fingerprint density at radius 1 is 1.04 bits per heavy atom. The van der Waals surface area contributed by atoms with Crippen LogP contribution in [0.2, 0.25) is 0 Å². The van der Waals surface area contributed by atoms with Crippen molar-refractivity contribution in [2.24, 2.45) is 5.73 Å². The van der Waals surface area contributed by atoms with Crippen LogP contribution in [0.5, 0.6) is 5.75 Å². The van der Waals surface area contributed by atoms with Crippen LogP contribution < -0.4 is 15.2 Å². The summed E-state index contributed by atoms with van der Waals surface area (Å²) in [5, 5.41) is 15.8. The minimum Gasteiger partial charge on any atom is -0.481 e. The first-order valence-corrected chi connectivity index (χ1v) is 9.15. The molecule has 0 saturated carbocycles. The Hall–Kier alpha value is -3.24. The molecule has 0 fully saturated rings. The molecular formula is C17H17N3O6S. The number of nitrogen functional groups attached to an aromatic ring is 1. The molecular weight excluding hydrogens is 374 g/mol. The molecule has 0 amide bonds. The number of nitrogens with one attached hydrogen (secondary N) is 2. The van der Waals surface area contributed by atoms with Crippen LogP contribution in [-0.4, -0.2) is 37.8 Å². The van der Waals surface area contributed by atoms with Crippen LogP contribution >= 0.6 is 0 Å². The molecule has 0 spiro atoms. The van der Waals surface area contributed by atoms with Gasteiger partial charge in [-0.05, 0) is 48.5 Å². The number of sulfonamides is 1. The highest BCUT2D eigenvalue weighted by Gasteiger charge is 2.16. The van der Waals surface area contributed by atoms with Gasteiger partial charge in [-0.2, -0.15) is 0 Å². The summed E-state index contributed by atoms with van der Waals surface area (Å²) in [6.45, 7) is -0.238. The van der Waals surface area contributed by atoms with Gasteiger partial charge in [-0.1, -0.05) is 0 Å². The van der Waals surface area contributed by atoms with Gasteiger partial charge in [0.2, 0.25) is 10.0 Å². The van der Waals surface area contributed by atoms with Crippen molar-refractivity contribution in [1.82, 2.24) is 4.72 Å². The number of benzene rings is 2. The molecule has 0 radical (unpaired) electrons. The molecule has 0 atom stereocenters. The number of ether oxygens (including phenoxy) is 1. The van der Waals surface area contributed by atoms with E-state index in [4.69, 9.17) is 21.0 Å². The largest absolute Gasteiger partial charge is 0.481 e. The first-order valence-electron chi connectivity index (χ1n) is 7.67. The first kappa shape index (κ1) is 20.1. The molecule has 0 aliphatic heterocycles. The number of carboxylic acids is 1. The summed E-state index contributed by atoms with van der Waals surface area (Å²) in [5.74, 6) is -1.67. The van der Waals surface area contributed by atoms with E-state index < -0.39 is 22.0 Å². The van der Waals surface area contributed by atoms with Crippen LogP contribution in [0.25, 0.3) is 0 Å². The summed E-state index contributed by atoms with van der Waals surface area (Å²) >= 11 is 0. The molecule has 10 heteroatoms. The van der Waals surface area contributed by atoms with Gasteiger partial charge in [-0.25, -0.2) is 17.9 Å². The molecule has 0 heterocycles. The lowest BCUT2D eigenvalue weighted by Gasteiger charge is -2.08. The predicted octanol–water partition coefficient (Wildman–Crippen LogP) is 0.943. The molecule has 142 valence electrons. The van der Waals surface area contributed by atoms with Crippen molar-refractivity contribution in [3.05, 3.63) is 59.7 Å². The molecule has 5 N–H and O–H groups in total. The lowest BCUT2D eigenvalue weighted by molar-refractivity contribution is -0.136. The number of carbonyl (C=O) groups excluding carboxylic acids is 1. The minimum absolute atomic E-state index is 0.102. The maximum absolute atomic E-state index is 12.1. The van der Waals surface area contributed by atoms with Crippen LogP contribution in [0.4, 0.5) is 0 Å². The monoisotopic (exact) mass is 391 g/mol. The van der Waals surface area contributed by atoms with Crippen molar-refractivity contribution in [1.29, 1.82) is 5.41 Å². The van der Waals surface area contributed by atoms with E-state index in [-0.39, 0.29) is 35.0 Å². The summed E-state index contributed by atoms with van der Waals surface area (Å²) in [5.41, 5.74) is 5.96. The fourth-order valence-electron chi connectivity index (χ4n) is 2.01. The van der Waals surface area contributed by atoms with E-state index in [0.717, 1.165) is 0 Å². The number of amidine groups is 1. The maximum Gasteiger partial charge on any atom is 0.343 e. The first-order chi connectivity index (χ1) is 12.7.